The van der Waals surface area contributed by atoms with Gasteiger partial charge in [-0.25, -0.2) is 0 Å². The molecule has 0 aromatic heterocycles. The third-order valence-electron chi connectivity index (χ3n) is 10.3. The second kappa shape index (κ2) is 32.6. The van der Waals surface area contributed by atoms with E-state index in [1.807, 2.05) is 109 Å². The Morgan fingerprint density at radius 1 is 0.639 bits per heavy atom. The van der Waals surface area contributed by atoms with Crippen molar-refractivity contribution in [3.63, 3.8) is 0 Å². The maximum atomic E-state index is 13.3. The highest BCUT2D eigenvalue weighted by molar-refractivity contribution is 8.15. The molecule has 0 bridgehead atoms. The third-order valence-corrected chi connectivity index (χ3v) is 12.8. The molecular formula is C54H61Cl2N3O11S2. The van der Waals surface area contributed by atoms with E-state index >= 15 is 0 Å². The number of halogens is 2. The number of carboxylic acids is 1. The second-order valence-corrected chi connectivity index (χ2v) is 19.1. The topological polar surface area (TPSA) is 203 Å². The van der Waals surface area contributed by atoms with Gasteiger partial charge in [0.2, 0.25) is 28.0 Å². The van der Waals surface area contributed by atoms with E-state index in [2.05, 4.69) is 16.0 Å². The number of thioether (sulfide) groups is 2. The van der Waals surface area contributed by atoms with Crippen molar-refractivity contribution in [2.24, 2.45) is 0 Å². The zero-order valence-corrected chi connectivity index (χ0v) is 44.1. The van der Waals surface area contributed by atoms with Crippen LogP contribution in [0.4, 0.5) is 0 Å². The lowest BCUT2D eigenvalue weighted by Gasteiger charge is -2.19. The van der Waals surface area contributed by atoms with Crippen molar-refractivity contribution < 1.29 is 52.9 Å². The summed E-state index contributed by atoms with van der Waals surface area (Å²) in [4.78, 5) is 83.7. The van der Waals surface area contributed by atoms with E-state index in [9.17, 15) is 38.7 Å². The van der Waals surface area contributed by atoms with Gasteiger partial charge in [0, 0.05) is 38.9 Å². The number of nitrogens with one attached hydrogen (secondary N) is 3. The van der Waals surface area contributed by atoms with Crippen molar-refractivity contribution in [1.29, 1.82) is 0 Å². The average Bonchev–Trinajstić information content (AvgIpc) is 3.37. The molecule has 0 fully saturated rings. The summed E-state index contributed by atoms with van der Waals surface area (Å²) < 4.78 is 16.9. The number of ether oxygens (including phenoxy) is 3. The number of alkyl halides is 2. The number of hydrogen-bond acceptors (Lipinski definition) is 12. The fourth-order valence-corrected chi connectivity index (χ4v) is 8.55. The summed E-state index contributed by atoms with van der Waals surface area (Å²) in [5.41, 5.74) is 6.58. The Labute approximate surface area is 439 Å². The van der Waals surface area contributed by atoms with Crippen LogP contribution in [0.25, 0.3) is 22.3 Å². The van der Waals surface area contributed by atoms with Crippen molar-refractivity contribution in [2.75, 3.05) is 26.1 Å². The van der Waals surface area contributed by atoms with Gasteiger partial charge in [-0.15, -0.1) is 23.2 Å². The molecule has 0 heterocycles. The summed E-state index contributed by atoms with van der Waals surface area (Å²) in [5.74, 6) is -1.27. The first-order valence-electron chi connectivity index (χ1n) is 22.7. The van der Waals surface area contributed by atoms with Crippen LogP contribution in [-0.2, 0) is 57.7 Å². The van der Waals surface area contributed by atoms with Crippen molar-refractivity contribution in [1.82, 2.24) is 16.0 Å². The lowest BCUT2D eigenvalue weighted by atomic mass is 10.0. The maximum Gasteiger partial charge on any atom is 0.320 e. The van der Waals surface area contributed by atoms with Crippen LogP contribution < -0.4 is 25.4 Å². The highest BCUT2D eigenvalue weighted by Gasteiger charge is 2.29. The standard InChI is InChI=1S/C33H38N2O7S.C20H21NO4S.CH2Cl2/c1-22(35-23(2)36)33(39)43-30(19-24-12-14-26(15-13-24)25-9-6-5-7-10-25)32(38)42-21-27-16-17-28(20-29(27)40-4)41-18-8-11-31(37)34-3;1-13(21-14(2)22)20(25)26-18(19(23)24)12-15-8-10-17(11-9-15)16-6-4-3-5-7-16;2-1-3/h5-7,9-10,12-17,20,22,30H,8,11,18-19,21H2,1-4H3,(H,34,37)(H,35,36);3-11,13,18H,12H2,1-2H3,(H,21,22)(H,23,24);1H2/t;13-,18-;/m.1./s1. The summed E-state index contributed by atoms with van der Waals surface area (Å²) in [6, 6.07) is 39.0. The van der Waals surface area contributed by atoms with E-state index in [4.69, 9.17) is 37.4 Å². The molecule has 72 heavy (non-hydrogen) atoms. The first-order chi connectivity index (χ1) is 34.5. The summed E-state index contributed by atoms with van der Waals surface area (Å²) in [6.45, 7) is 6.07. The van der Waals surface area contributed by atoms with Gasteiger partial charge in [0.25, 0.3) is 0 Å². The van der Waals surface area contributed by atoms with Crippen LogP contribution in [0.2, 0.25) is 0 Å². The van der Waals surface area contributed by atoms with E-state index in [0.29, 0.717) is 36.5 Å². The van der Waals surface area contributed by atoms with Crippen LogP contribution in [-0.4, -0.2) is 93.7 Å². The maximum absolute atomic E-state index is 13.3. The molecule has 0 spiro atoms. The lowest BCUT2D eigenvalue weighted by Crippen LogP contribution is -2.37. The first-order valence-corrected chi connectivity index (χ1v) is 25.6. The van der Waals surface area contributed by atoms with E-state index in [1.54, 1.807) is 39.1 Å². The second-order valence-electron chi connectivity index (χ2n) is 15.9. The summed E-state index contributed by atoms with van der Waals surface area (Å²) in [6.07, 6.45) is 1.42. The number of amides is 3. The number of benzene rings is 5. The molecule has 3 amide bonds. The van der Waals surface area contributed by atoms with Gasteiger partial charge in [0.15, 0.2) is 0 Å². The molecule has 0 aliphatic rings. The largest absolute Gasteiger partial charge is 0.496 e. The van der Waals surface area contributed by atoms with Crippen molar-refractivity contribution in [3.05, 3.63) is 144 Å². The van der Waals surface area contributed by atoms with Gasteiger partial charge in [-0.05, 0) is 78.6 Å². The zero-order valence-electron chi connectivity index (χ0n) is 41.0. The number of aliphatic carboxylic acids is 1. The van der Waals surface area contributed by atoms with Crippen LogP contribution in [0.1, 0.15) is 57.2 Å². The fraction of sp³-hybridized carbons (Fsp3) is 0.315. The Balaban J connectivity index is 0.000000401. The van der Waals surface area contributed by atoms with Gasteiger partial charge in [0.05, 0.1) is 31.1 Å². The summed E-state index contributed by atoms with van der Waals surface area (Å²) in [5, 5.41) is 14.8. The van der Waals surface area contributed by atoms with Gasteiger partial charge in [0.1, 0.15) is 28.6 Å². The Kier molecular flexibility index (Phi) is 27.2. The third kappa shape index (κ3) is 22.0. The van der Waals surface area contributed by atoms with Gasteiger partial charge in [-0.2, -0.15) is 0 Å². The van der Waals surface area contributed by atoms with Crippen molar-refractivity contribution in [3.8, 4) is 33.8 Å². The number of hydrogen-bond donors (Lipinski definition) is 4. The molecule has 0 radical (unpaired) electrons. The SMILES string of the molecule is CC(=O)N[C@H](C)C(=O)S[C@H](Cc1ccc(-c2ccccc2)cc1)C(=O)O.CNC(=O)CCCOc1ccc(COC(=O)C(Cc2ccc(-c3ccccc3)cc2)SC(=O)C(C)NC(C)=O)c(OC)c1.ClCCl. The molecular weight excluding hydrogens is 1000 g/mol. The summed E-state index contributed by atoms with van der Waals surface area (Å²) >= 11 is 11.1. The molecule has 0 saturated carbocycles. The molecule has 0 aliphatic carbocycles. The number of carbonyl (C=O) groups excluding carboxylic acids is 6. The zero-order chi connectivity index (χ0) is 53.0. The molecule has 18 heteroatoms. The van der Waals surface area contributed by atoms with Gasteiger partial charge in [-0.1, -0.05) is 133 Å². The fourth-order valence-electron chi connectivity index (χ4n) is 6.64. The Morgan fingerprint density at radius 3 is 1.51 bits per heavy atom. The monoisotopic (exact) mass is 1060 g/mol. The number of carbonyl (C=O) groups is 7. The molecule has 4 atom stereocenters. The Bertz CT molecular complexity index is 2520. The molecule has 4 N–H and O–H groups in total. The van der Waals surface area contributed by atoms with Crippen LogP contribution in [0.5, 0.6) is 11.5 Å². The molecule has 2 unspecified atom stereocenters. The molecule has 14 nitrogen and oxygen atoms in total. The quantitative estimate of drug-likeness (QED) is 0.0290. The minimum absolute atomic E-state index is 0.0507. The Hall–Kier alpha value is -6.33. The lowest BCUT2D eigenvalue weighted by molar-refractivity contribution is -0.144. The molecule has 0 aliphatic heterocycles. The number of esters is 1. The number of methoxy groups -OCH3 is 1. The van der Waals surface area contributed by atoms with Gasteiger partial charge in [-0.3, -0.25) is 33.6 Å². The highest BCUT2D eigenvalue weighted by atomic mass is 35.5. The number of rotatable bonds is 22. The minimum Gasteiger partial charge on any atom is -0.496 e. The van der Waals surface area contributed by atoms with Crippen LogP contribution >= 0.6 is 46.7 Å². The van der Waals surface area contributed by atoms with Crippen molar-refractivity contribution >= 4 is 86.6 Å². The predicted molar refractivity (Wildman–Crippen MR) is 286 cm³/mol. The molecule has 5 aromatic rings. The molecule has 384 valence electrons. The van der Waals surface area contributed by atoms with Crippen LogP contribution in [0.3, 0.4) is 0 Å². The van der Waals surface area contributed by atoms with Crippen LogP contribution in [0, 0.1) is 0 Å². The first kappa shape index (κ1) is 60.0. The number of carboxylic acid groups (broad SMARTS) is 1. The van der Waals surface area contributed by atoms with E-state index < -0.39 is 34.5 Å². The van der Waals surface area contributed by atoms with Gasteiger partial charge >= 0.3 is 11.9 Å². The predicted octanol–water partition coefficient (Wildman–Crippen LogP) is 9.26. The van der Waals surface area contributed by atoms with E-state index in [0.717, 1.165) is 56.9 Å². The summed E-state index contributed by atoms with van der Waals surface area (Å²) in [7, 11) is 3.10. The van der Waals surface area contributed by atoms with Crippen LogP contribution in [0.15, 0.2) is 127 Å². The highest BCUT2D eigenvalue weighted by Crippen LogP contribution is 2.29. The van der Waals surface area contributed by atoms with E-state index in [-0.39, 0.29) is 52.7 Å². The normalized spacial score (nSPS) is 12.1. The molecule has 5 rings (SSSR count). The smallest absolute Gasteiger partial charge is 0.320 e. The Morgan fingerprint density at radius 2 is 1.08 bits per heavy atom. The van der Waals surface area contributed by atoms with Gasteiger partial charge < -0.3 is 35.3 Å². The van der Waals surface area contributed by atoms with Crippen molar-refractivity contribution in [2.45, 2.75) is 82.6 Å². The minimum atomic E-state index is -1.05. The molecule has 5 aromatic carbocycles. The average molecular weight is 1060 g/mol. The van der Waals surface area contributed by atoms with E-state index in [1.165, 1.54) is 21.0 Å². The molecule has 0 saturated heterocycles.